The first-order valence-corrected chi connectivity index (χ1v) is 7.73. The number of carbonyl (C=O) groups is 2. The van der Waals surface area contributed by atoms with Gasteiger partial charge in [-0.2, -0.15) is 0 Å². The SMILES string of the molecule is C=CCNC(=O)C(=O)NCC(c1cccn1C)N1CCOCC1. The zero-order chi connectivity index (χ0) is 16.7. The molecule has 0 spiro atoms. The lowest BCUT2D eigenvalue weighted by Gasteiger charge is -2.34. The van der Waals surface area contributed by atoms with Crippen LogP contribution in [0, 0.1) is 0 Å². The summed E-state index contributed by atoms with van der Waals surface area (Å²) in [5.74, 6) is -1.27. The van der Waals surface area contributed by atoms with E-state index in [1.54, 1.807) is 0 Å². The molecule has 2 amide bonds. The van der Waals surface area contributed by atoms with Gasteiger partial charge in [0.2, 0.25) is 0 Å². The van der Waals surface area contributed by atoms with Gasteiger partial charge in [-0.3, -0.25) is 14.5 Å². The molecule has 23 heavy (non-hydrogen) atoms. The molecule has 0 aromatic carbocycles. The number of amides is 2. The molecule has 0 saturated carbocycles. The van der Waals surface area contributed by atoms with E-state index in [0.29, 0.717) is 19.8 Å². The van der Waals surface area contributed by atoms with Crippen molar-refractivity contribution in [2.24, 2.45) is 7.05 Å². The highest BCUT2D eigenvalue weighted by atomic mass is 16.5. The third-order valence-corrected chi connectivity index (χ3v) is 3.88. The maximum Gasteiger partial charge on any atom is 0.309 e. The van der Waals surface area contributed by atoms with Gasteiger partial charge in [0.25, 0.3) is 0 Å². The fraction of sp³-hybridized carbons (Fsp3) is 0.500. The monoisotopic (exact) mass is 320 g/mol. The Morgan fingerprint density at radius 2 is 2.04 bits per heavy atom. The maximum absolute atomic E-state index is 11.9. The number of hydrogen-bond donors (Lipinski definition) is 2. The molecular weight excluding hydrogens is 296 g/mol. The summed E-state index contributed by atoms with van der Waals surface area (Å²) in [5, 5.41) is 5.20. The Labute approximate surface area is 136 Å². The standard InChI is InChI=1S/C16H24N4O3/c1-3-6-17-15(21)16(22)18-12-14(13-5-4-7-19(13)2)20-8-10-23-11-9-20/h3-5,7,14H,1,6,8-12H2,2H3,(H,17,21)(H,18,22). The fourth-order valence-electron chi connectivity index (χ4n) is 2.65. The van der Waals surface area contributed by atoms with Gasteiger partial charge in [-0.25, -0.2) is 0 Å². The first-order valence-electron chi connectivity index (χ1n) is 7.73. The molecule has 126 valence electrons. The van der Waals surface area contributed by atoms with Crippen molar-refractivity contribution >= 4 is 11.8 Å². The third kappa shape index (κ3) is 4.67. The molecule has 2 N–H and O–H groups in total. The van der Waals surface area contributed by atoms with E-state index >= 15 is 0 Å². The van der Waals surface area contributed by atoms with Crippen LogP contribution >= 0.6 is 0 Å². The molecule has 2 heterocycles. The zero-order valence-electron chi connectivity index (χ0n) is 13.5. The van der Waals surface area contributed by atoms with E-state index in [1.165, 1.54) is 6.08 Å². The van der Waals surface area contributed by atoms with Crippen LogP contribution in [0.2, 0.25) is 0 Å². The first kappa shape index (κ1) is 17.2. The molecule has 0 aliphatic carbocycles. The van der Waals surface area contributed by atoms with E-state index in [9.17, 15) is 9.59 Å². The van der Waals surface area contributed by atoms with E-state index in [-0.39, 0.29) is 12.6 Å². The Bertz CT molecular complexity index is 549. The number of nitrogens with one attached hydrogen (secondary N) is 2. The van der Waals surface area contributed by atoms with Gasteiger partial charge in [0.1, 0.15) is 0 Å². The van der Waals surface area contributed by atoms with Crippen LogP contribution in [0.1, 0.15) is 11.7 Å². The molecule has 1 saturated heterocycles. The van der Waals surface area contributed by atoms with Gasteiger partial charge in [0.15, 0.2) is 0 Å². The minimum atomic E-state index is -0.641. The second-order valence-electron chi connectivity index (χ2n) is 5.42. The summed E-state index contributed by atoms with van der Waals surface area (Å²) in [6, 6.07) is 4.01. The molecule has 1 unspecified atom stereocenters. The number of hydrogen-bond acceptors (Lipinski definition) is 4. The molecule has 1 fully saturated rings. The van der Waals surface area contributed by atoms with Crippen LogP contribution < -0.4 is 10.6 Å². The average Bonchev–Trinajstić information content (AvgIpc) is 2.99. The summed E-state index contributed by atoms with van der Waals surface area (Å²) in [5.41, 5.74) is 1.10. The Morgan fingerprint density at radius 3 is 2.65 bits per heavy atom. The number of aryl methyl sites for hydroxylation is 1. The zero-order valence-corrected chi connectivity index (χ0v) is 13.5. The molecule has 2 rings (SSSR count). The van der Waals surface area contributed by atoms with Crippen molar-refractivity contribution < 1.29 is 14.3 Å². The van der Waals surface area contributed by atoms with Crippen molar-refractivity contribution in [1.29, 1.82) is 0 Å². The van der Waals surface area contributed by atoms with Crippen molar-refractivity contribution in [1.82, 2.24) is 20.1 Å². The van der Waals surface area contributed by atoms with Crippen molar-refractivity contribution in [2.45, 2.75) is 6.04 Å². The number of ether oxygens (including phenoxy) is 1. The number of rotatable bonds is 6. The topological polar surface area (TPSA) is 75.6 Å². The van der Waals surface area contributed by atoms with E-state index in [4.69, 9.17) is 4.74 Å². The summed E-state index contributed by atoms with van der Waals surface area (Å²) >= 11 is 0. The van der Waals surface area contributed by atoms with Crippen molar-refractivity contribution in [3.63, 3.8) is 0 Å². The first-order chi connectivity index (χ1) is 11.1. The quantitative estimate of drug-likeness (QED) is 0.563. The van der Waals surface area contributed by atoms with E-state index in [2.05, 4.69) is 22.1 Å². The van der Waals surface area contributed by atoms with Gasteiger partial charge in [-0.05, 0) is 12.1 Å². The molecular formula is C16H24N4O3. The molecule has 1 aromatic rings. The predicted molar refractivity (Wildman–Crippen MR) is 86.8 cm³/mol. The lowest BCUT2D eigenvalue weighted by molar-refractivity contribution is -0.139. The lowest BCUT2D eigenvalue weighted by Crippen LogP contribution is -2.47. The van der Waals surface area contributed by atoms with Crippen molar-refractivity contribution in [2.75, 3.05) is 39.4 Å². The van der Waals surface area contributed by atoms with Crippen molar-refractivity contribution in [3.8, 4) is 0 Å². The van der Waals surface area contributed by atoms with Gasteiger partial charge in [-0.1, -0.05) is 6.08 Å². The van der Waals surface area contributed by atoms with Gasteiger partial charge in [-0.15, -0.1) is 6.58 Å². The normalized spacial score (nSPS) is 16.6. The lowest BCUT2D eigenvalue weighted by atomic mass is 10.1. The Hall–Kier alpha value is -2.12. The van der Waals surface area contributed by atoms with E-state index < -0.39 is 11.8 Å². The fourth-order valence-corrected chi connectivity index (χ4v) is 2.65. The molecule has 1 atom stereocenters. The Kier molecular flexibility index (Phi) is 6.37. The molecule has 1 aliphatic rings. The highest BCUT2D eigenvalue weighted by molar-refractivity contribution is 6.35. The number of carbonyl (C=O) groups excluding carboxylic acids is 2. The Morgan fingerprint density at radius 1 is 1.35 bits per heavy atom. The van der Waals surface area contributed by atoms with Crippen LogP contribution in [0.5, 0.6) is 0 Å². The van der Waals surface area contributed by atoms with Crippen molar-refractivity contribution in [3.05, 3.63) is 36.7 Å². The summed E-state index contributed by atoms with van der Waals surface area (Å²) in [6.07, 6.45) is 3.51. The molecule has 0 bridgehead atoms. The minimum absolute atomic E-state index is 0.00931. The van der Waals surface area contributed by atoms with Gasteiger partial charge in [0, 0.05) is 45.1 Å². The maximum atomic E-state index is 11.9. The smallest absolute Gasteiger partial charge is 0.309 e. The van der Waals surface area contributed by atoms with E-state index in [0.717, 1.165) is 18.8 Å². The molecule has 1 aliphatic heterocycles. The second-order valence-corrected chi connectivity index (χ2v) is 5.42. The molecule has 7 heteroatoms. The Balaban J connectivity index is 2.00. The largest absolute Gasteiger partial charge is 0.379 e. The summed E-state index contributed by atoms with van der Waals surface area (Å²) in [4.78, 5) is 25.8. The molecule has 0 radical (unpaired) electrons. The van der Waals surface area contributed by atoms with E-state index in [1.807, 2.05) is 29.9 Å². The average molecular weight is 320 g/mol. The number of nitrogens with zero attached hydrogens (tertiary/aromatic N) is 2. The second kappa shape index (κ2) is 8.50. The van der Waals surface area contributed by atoms with Crippen LogP contribution in [-0.2, 0) is 21.4 Å². The van der Waals surface area contributed by atoms with Gasteiger partial charge in [0.05, 0.1) is 19.3 Å². The predicted octanol–water partition coefficient (Wildman–Crippen LogP) is -0.183. The third-order valence-electron chi connectivity index (χ3n) is 3.88. The van der Waals surface area contributed by atoms with Crippen LogP contribution in [0.4, 0.5) is 0 Å². The highest BCUT2D eigenvalue weighted by Crippen LogP contribution is 2.21. The van der Waals surface area contributed by atoms with Crippen LogP contribution in [-0.4, -0.2) is 60.7 Å². The summed E-state index contributed by atoms with van der Waals surface area (Å²) in [6.45, 7) is 7.10. The van der Waals surface area contributed by atoms with Crippen LogP contribution in [0.15, 0.2) is 31.0 Å². The number of aromatic nitrogens is 1. The highest BCUT2D eigenvalue weighted by Gasteiger charge is 2.25. The molecule has 7 nitrogen and oxygen atoms in total. The van der Waals surface area contributed by atoms with Crippen LogP contribution in [0.3, 0.4) is 0 Å². The summed E-state index contributed by atoms with van der Waals surface area (Å²) < 4.78 is 7.43. The number of morpholine rings is 1. The van der Waals surface area contributed by atoms with Gasteiger partial charge >= 0.3 is 11.8 Å². The molecule has 1 aromatic heterocycles. The summed E-state index contributed by atoms with van der Waals surface area (Å²) in [7, 11) is 1.97. The minimum Gasteiger partial charge on any atom is -0.379 e. The van der Waals surface area contributed by atoms with Gasteiger partial charge < -0.3 is 19.9 Å². The van der Waals surface area contributed by atoms with Crippen LogP contribution in [0.25, 0.3) is 0 Å².